The second-order valence-corrected chi connectivity index (χ2v) is 3.38. The van der Waals surface area contributed by atoms with Crippen molar-refractivity contribution in [3.05, 3.63) is 30.3 Å². The molecule has 0 aliphatic carbocycles. The first-order valence-corrected chi connectivity index (χ1v) is 4.83. The number of ether oxygens (including phenoxy) is 1. The molecule has 3 N–H and O–H groups in total. The van der Waals surface area contributed by atoms with E-state index in [1.807, 2.05) is 31.5 Å². The largest absolute Gasteiger partial charge is 0.497 e. The summed E-state index contributed by atoms with van der Waals surface area (Å²) < 4.78 is 5.17. The Morgan fingerprint density at radius 1 is 1.53 bits per heavy atom. The Hall–Kier alpha value is -1.55. The molecular weight excluding hydrogens is 190 g/mol. The summed E-state index contributed by atoms with van der Waals surface area (Å²) in [5.74, 6) is 0.813. The van der Waals surface area contributed by atoms with Gasteiger partial charge in [-0.15, -0.1) is 0 Å². The van der Waals surface area contributed by atoms with Gasteiger partial charge in [-0.1, -0.05) is 6.92 Å². The number of rotatable bonds is 3. The van der Waals surface area contributed by atoms with Crippen LogP contribution in [-0.2, 0) is 0 Å². The van der Waals surface area contributed by atoms with Crippen LogP contribution in [0.25, 0.3) is 10.9 Å². The Balaban J connectivity index is 2.56. The third-order valence-corrected chi connectivity index (χ3v) is 2.47. The average Bonchev–Trinajstić information content (AvgIpc) is 2.70. The molecule has 4 heteroatoms. The predicted molar refractivity (Wildman–Crippen MR) is 59.5 cm³/mol. The highest BCUT2D eigenvalue weighted by Gasteiger charge is 2.12. The fourth-order valence-electron chi connectivity index (χ4n) is 1.55. The summed E-state index contributed by atoms with van der Waals surface area (Å²) in [5, 5.41) is 8.17. The molecule has 1 heterocycles. The van der Waals surface area contributed by atoms with Crippen molar-refractivity contribution in [2.75, 3.05) is 7.11 Å². The standard InChI is InChI=1S/C11H14N3O/c1-3-9(12)11-8-6-7(15-2)4-5-10(8)13-14-11/h3-6,9H,12H2,1-2H3,(H,13,14). The van der Waals surface area contributed by atoms with Crippen molar-refractivity contribution >= 4 is 10.9 Å². The van der Waals surface area contributed by atoms with Crippen LogP contribution in [0.2, 0.25) is 0 Å². The zero-order chi connectivity index (χ0) is 10.8. The highest BCUT2D eigenvalue weighted by molar-refractivity contribution is 5.83. The van der Waals surface area contributed by atoms with Gasteiger partial charge in [0.05, 0.1) is 24.4 Å². The Bertz CT molecular complexity index is 464. The van der Waals surface area contributed by atoms with E-state index in [1.165, 1.54) is 0 Å². The van der Waals surface area contributed by atoms with Gasteiger partial charge in [-0.05, 0) is 24.6 Å². The first-order valence-electron chi connectivity index (χ1n) is 4.83. The van der Waals surface area contributed by atoms with E-state index in [9.17, 15) is 0 Å². The van der Waals surface area contributed by atoms with Crippen molar-refractivity contribution in [2.24, 2.45) is 5.73 Å². The number of methoxy groups -OCH3 is 1. The maximum absolute atomic E-state index is 5.92. The zero-order valence-electron chi connectivity index (χ0n) is 8.82. The Labute approximate surface area is 88.4 Å². The number of H-pyrrole nitrogens is 1. The monoisotopic (exact) mass is 204 g/mol. The molecule has 1 aromatic heterocycles. The van der Waals surface area contributed by atoms with Crippen LogP contribution in [0, 0.1) is 6.42 Å². The van der Waals surface area contributed by atoms with Crippen molar-refractivity contribution in [3.63, 3.8) is 0 Å². The minimum absolute atomic E-state index is 0.147. The van der Waals surface area contributed by atoms with E-state index in [0.29, 0.717) is 0 Å². The fourth-order valence-corrected chi connectivity index (χ4v) is 1.55. The summed E-state index contributed by atoms with van der Waals surface area (Å²) in [6.45, 7) is 1.92. The second kappa shape index (κ2) is 3.90. The SMILES string of the molecule is C[CH]C(N)c1n[nH]c2ccc(OC)cc12. The van der Waals surface area contributed by atoms with E-state index in [2.05, 4.69) is 10.2 Å². The number of nitrogens with two attached hydrogens (primary N) is 1. The quantitative estimate of drug-likeness (QED) is 0.801. The van der Waals surface area contributed by atoms with E-state index in [0.717, 1.165) is 22.3 Å². The Morgan fingerprint density at radius 2 is 2.33 bits per heavy atom. The third-order valence-electron chi connectivity index (χ3n) is 2.47. The van der Waals surface area contributed by atoms with Crippen molar-refractivity contribution < 1.29 is 4.74 Å². The number of benzene rings is 1. The number of aromatic nitrogens is 2. The molecule has 0 spiro atoms. The van der Waals surface area contributed by atoms with Crippen LogP contribution >= 0.6 is 0 Å². The van der Waals surface area contributed by atoms with Gasteiger partial charge in [-0.25, -0.2) is 0 Å². The molecule has 0 saturated carbocycles. The average molecular weight is 204 g/mol. The lowest BCUT2D eigenvalue weighted by atomic mass is 10.1. The number of nitrogens with zero attached hydrogens (tertiary/aromatic N) is 1. The zero-order valence-corrected chi connectivity index (χ0v) is 8.82. The lowest BCUT2D eigenvalue weighted by Gasteiger charge is -2.05. The highest BCUT2D eigenvalue weighted by atomic mass is 16.5. The van der Waals surface area contributed by atoms with Crippen molar-refractivity contribution in [1.29, 1.82) is 0 Å². The van der Waals surface area contributed by atoms with Gasteiger partial charge in [0, 0.05) is 5.39 Å². The molecule has 2 aromatic rings. The van der Waals surface area contributed by atoms with E-state index in [4.69, 9.17) is 10.5 Å². The molecule has 1 unspecified atom stereocenters. The van der Waals surface area contributed by atoms with Gasteiger partial charge in [0.15, 0.2) is 0 Å². The maximum Gasteiger partial charge on any atom is 0.119 e. The van der Waals surface area contributed by atoms with Crippen LogP contribution in [0.15, 0.2) is 18.2 Å². The third kappa shape index (κ3) is 1.68. The second-order valence-electron chi connectivity index (χ2n) is 3.38. The smallest absolute Gasteiger partial charge is 0.119 e. The van der Waals surface area contributed by atoms with Crippen molar-refractivity contribution in [3.8, 4) is 5.75 Å². The predicted octanol–water partition coefficient (Wildman–Crippen LogP) is 1.80. The molecule has 15 heavy (non-hydrogen) atoms. The highest BCUT2D eigenvalue weighted by Crippen LogP contribution is 2.25. The summed E-state index contributed by atoms with van der Waals surface area (Å²) in [5.41, 5.74) is 7.75. The van der Waals surface area contributed by atoms with E-state index < -0.39 is 0 Å². The lowest BCUT2D eigenvalue weighted by molar-refractivity contribution is 0.415. The number of nitrogens with one attached hydrogen (secondary N) is 1. The minimum Gasteiger partial charge on any atom is -0.497 e. The van der Waals surface area contributed by atoms with Crippen molar-refractivity contribution in [1.82, 2.24) is 10.2 Å². The van der Waals surface area contributed by atoms with Gasteiger partial charge >= 0.3 is 0 Å². The number of hydrogen-bond donors (Lipinski definition) is 2. The number of aromatic amines is 1. The maximum atomic E-state index is 5.92. The molecule has 0 saturated heterocycles. The van der Waals surface area contributed by atoms with E-state index >= 15 is 0 Å². The fraction of sp³-hybridized carbons (Fsp3) is 0.273. The van der Waals surface area contributed by atoms with Crippen LogP contribution in [0.4, 0.5) is 0 Å². The molecule has 4 nitrogen and oxygen atoms in total. The van der Waals surface area contributed by atoms with E-state index in [1.54, 1.807) is 7.11 Å². The van der Waals surface area contributed by atoms with E-state index in [-0.39, 0.29) is 6.04 Å². The van der Waals surface area contributed by atoms with Gasteiger partial charge in [-0.3, -0.25) is 5.10 Å². The van der Waals surface area contributed by atoms with Crippen LogP contribution in [0.1, 0.15) is 18.7 Å². The van der Waals surface area contributed by atoms with Gasteiger partial charge in [0.2, 0.25) is 0 Å². The number of hydrogen-bond acceptors (Lipinski definition) is 3. The molecule has 0 aliphatic rings. The molecule has 0 fully saturated rings. The molecule has 1 aromatic carbocycles. The van der Waals surface area contributed by atoms with Gasteiger partial charge in [0.1, 0.15) is 5.75 Å². The summed E-state index contributed by atoms with van der Waals surface area (Å²) >= 11 is 0. The van der Waals surface area contributed by atoms with Gasteiger partial charge < -0.3 is 10.5 Å². The van der Waals surface area contributed by atoms with Crippen LogP contribution in [0.3, 0.4) is 0 Å². The Morgan fingerprint density at radius 3 is 3.00 bits per heavy atom. The normalized spacial score (nSPS) is 13.0. The molecule has 0 amide bonds. The first-order chi connectivity index (χ1) is 7.26. The summed E-state index contributed by atoms with van der Waals surface area (Å²) in [7, 11) is 1.65. The summed E-state index contributed by atoms with van der Waals surface area (Å²) in [4.78, 5) is 0. The van der Waals surface area contributed by atoms with Crippen LogP contribution in [0.5, 0.6) is 5.75 Å². The molecule has 1 atom stereocenters. The lowest BCUT2D eigenvalue weighted by Crippen LogP contribution is -2.09. The van der Waals surface area contributed by atoms with Crippen molar-refractivity contribution in [2.45, 2.75) is 13.0 Å². The van der Waals surface area contributed by atoms with Gasteiger partial charge in [-0.2, -0.15) is 5.10 Å². The molecule has 0 bridgehead atoms. The molecule has 0 aliphatic heterocycles. The first kappa shape index (κ1) is 9.98. The molecule has 1 radical (unpaired) electrons. The van der Waals surface area contributed by atoms with Gasteiger partial charge in [0.25, 0.3) is 0 Å². The molecule has 79 valence electrons. The van der Waals surface area contributed by atoms with Crippen LogP contribution in [-0.4, -0.2) is 17.3 Å². The number of fused-ring (bicyclic) bond motifs is 1. The van der Waals surface area contributed by atoms with Crippen LogP contribution < -0.4 is 10.5 Å². The molecular formula is C11H14N3O. The summed E-state index contributed by atoms with van der Waals surface area (Å²) in [6.07, 6.45) is 1.91. The Kier molecular flexibility index (Phi) is 2.60. The molecule has 2 rings (SSSR count). The topological polar surface area (TPSA) is 63.9 Å². The minimum atomic E-state index is -0.147. The summed E-state index contributed by atoms with van der Waals surface area (Å²) in [6, 6.07) is 5.63.